The summed E-state index contributed by atoms with van der Waals surface area (Å²) in [7, 11) is 1.55. The topological polar surface area (TPSA) is 63.7 Å². The van der Waals surface area contributed by atoms with Gasteiger partial charge in [0.25, 0.3) is 0 Å². The quantitative estimate of drug-likeness (QED) is 0.875. The number of rotatable bonds is 5. The summed E-state index contributed by atoms with van der Waals surface area (Å²) in [5.41, 5.74) is 2.35. The highest BCUT2D eigenvalue weighted by atomic mass is 16.5. The van der Waals surface area contributed by atoms with Gasteiger partial charge in [0.2, 0.25) is 5.91 Å². The zero-order valence-electron chi connectivity index (χ0n) is 15.3. The monoisotopic (exact) mass is 347 g/mol. The van der Waals surface area contributed by atoms with Crippen molar-refractivity contribution in [2.24, 2.45) is 5.41 Å². The standard InChI is InChI=1S/C19H29N3O3/c1-15-4-3-5-16(20-15)12-22-9-6-19(7-10-22)8-11-25-13-17(19)21-18(23)14-24-2/h3-5,17H,6-14H2,1-2H3,(H,21,23). The molecule has 6 nitrogen and oxygen atoms in total. The molecule has 2 aliphatic rings. The van der Waals surface area contributed by atoms with Gasteiger partial charge in [0.1, 0.15) is 6.61 Å². The molecular weight excluding hydrogens is 318 g/mol. The zero-order valence-corrected chi connectivity index (χ0v) is 15.3. The van der Waals surface area contributed by atoms with Gasteiger partial charge < -0.3 is 14.8 Å². The van der Waals surface area contributed by atoms with E-state index in [0.29, 0.717) is 6.61 Å². The van der Waals surface area contributed by atoms with Crippen molar-refractivity contribution in [1.29, 1.82) is 0 Å². The summed E-state index contributed by atoms with van der Waals surface area (Å²) in [6, 6.07) is 6.29. The Morgan fingerprint density at radius 2 is 2.20 bits per heavy atom. The van der Waals surface area contributed by atoms with E-state index in [-0.39, 0.29) is 24.0 Å². The number of amides is 1. The molecule has 0 radical (unpaired) electrons. The third-order valence-electron chi connectivity index (χ3n) is 5.56. The molecule has 1 atom stereocenters. The smallest absolute Gasteiger partial charge is 0.246 e. The van der Waals surface area contributed by atoms with E-state index in [0.717, 1.165) is 56.9 Å². The second-order valence-corrected chi connectivity index (χ2v) is 7.29. The lowest BCUT2D eigenvalue weighted by Gasteiger charge is -2.49. The number of hydrogen-bond acceptors (Lipinski definition) is 5. The van der Waals surface area contributed by atoms with Gasteiger partial charge in [0.05, 0.1) is 18.3 Å². The van der Waals surface area contributed by atoms with Crippen LogP contribution in [0.25, 0.3) is 0 Å². The molecular formula is C19H29N3O3. The van der Waals surface area contributed by atoms with Crippen LogP contribution in [-0.2, 0) is 20.8 Å². The molecule has 0 saturated carbocycles. The molecule has 1 aromatic rings. The molecule has 2 saturated heterocycles. The molecule has 0 bridgehead atoms. The van der Waals surface area contributed by atoms with E-state index in [9.17, 15) is 4.79 Å². The van der Waals surface area contributed by atoms with Crippen LogP contribution in [0.5, 0.6) is 0 Å². The maximum atomic E-state index is 12.0. The number of carbonyl (C=O) groups is 1. The molecule has 6 heteroatoms. The van der Waals surface area contributed by atoms with E-state index in [2.05, 4.69) is 27.3 Å². The van der Waals surface area contributed by atoms with Gasteiger partial charge in [-0.1, -0.05) is 6.07 Å². The molecule has 1 N–H and O–H groups in total. The Bertz CT molecular complexity index is 585. The van der Waals surface area contributed by atoms with Crippen LogP contribution in [0.4, 0.5) is 0 Å². The van der Waals surface area contributed by atoms with Gasteiger partial charge in [-0.3, -0.25) is 14.7 Å². The van der Waals surface area contributed by atoms with Gasteiger partial charge >= 0.3 is 0 Å². The largest absolute Gasteiger partial charge is 0.379 e. The van der Waals surface area contributed by atoms with Crippen LogP contribution in [0.3, 0.4) is 0 Å². The summed E-state index contributed by atoms with van der Waals surface area (Å²) < 4.78 is 10.6. The van der Waals surface area contributed by atoms with Crippen molar-refractivity contribution in [3.8, 4) is 0 Å². The number of piperidine rings is 1. The number of aryl methyl sites for hydroxylation is 1. The van der Waals surface area contributed by atoms with Gasteiger partial charge in [-0.05, 0) is 56.8 Å². The Kier molecular flexibility index (Phi) is 6.04. The highest BCUT2D eigenvalue weighted by Crippen LogP contribution is 2.41. The number of nitrogens with zero attached hydrogens (tertiary/aromatic N) is 2. The highest BCUT2D eigenvalue weighted by Gasteiger charge is 2.44. The van der Waals surface area contributed by atoms with Crippen LogP contribution in [0.15, 0.2) is 18.2 Å². The van der Waals surface area contributed by atoms with Crippen molar-refractivity contribution in [2.75, 3.05) is 40.0 Å². The summed E-state index contributed by atoms with van der Waals surface area (Å²) in [6.45, 7) is 6.50. The average Bonchev–Trinajstić information content (AvgIpc) is 2.59. The lowest BCUT2D eigenvalue weighted by Crippen LogP contribution is -2.57. The maximum Gasteiger partial charge on any atom is 0.246 e. The molecule has 1 spiro atoms. The fraction of sp³-hybridized carbons (Fsp3) is 0.684. The molecule has 0 aliphatic carbocycles. The number of methoxy groups -OCH3 is 1. The number of ether oxygens (including phenoxy) is 2. The summed E-state index contributed by atoms with van der Waals surface area (Å²) >= 11 is 0. The first kappa shape index (κ1) is 18.3. The fourth-order valence-electron chi connectivity index (χ4n) is 4.06. The van der Waals surface area contributed by atoms with Gasteiger partial charge in [-0.2, -0.15) is 0 Å². The summed E-state index contributed by atoms with van der Waals surface area (Å²) in [4.78, 5) is 19.0. The normalized spacial score (nSPS) is 23.5. The zero-order chi connectivity index (χ0) is 17.7. The van der Waals surface area contributed by atoms with E-state index in [1.807, 2.05) is 13.0 Å². The SMILES string of the molecule is COCC(=O)NC1COCCC12CCN(Cc1cccc(C)n1)CC2. The van der Waals surface area contributed by atoms with Crippen molar-refractivity contribution in [2.45, 2.75) is 38.8 Å². The fourth-order valence-corrected chi connectivity index (χ4v) is 4.06. The van der Waals surface area contributed by atoms with Crippen molar-refractivity contribution in [1.82, 2.24) is 15.2 Å². The van der Waals surface area contributed by atoms with Gasteiger partial charge in [0, 0.05) is 26.0 Å². The molecule has 1 aromatic heterocycles. The van der Waals surface area contributed by atoms with Gasteiger partial charge in [0.15, 0.2) is 0 Å². The molecule has 25 heavy (non-hydrogen) atoms. The van der Waals surface area contributed by atoms with E-state index in [4.69, 9.17) is 9.47 Å². The predicted molar refractivity (Wildman–Crippen MR) is 95.2 cm³/mol. The lowest BCUT2D eigenvalue weighted by molar-refractivity contribution is -0.130. The average molecular weight is 347 g/mol. The van der Waals surface area contributed by atoms with Crippen molar-refractivity contribution < 1.29 is 14.3 Å². The predicted octanol–water partition coefficient (Wildman–Crippen LogP) is 1.52. The second kappa shape index (κ2) is 8.25. The maximum absolute atomic E-state index is 12.0. The molecule has 3 rings (SSSR count). The van der Waals surface area contributed by atoms with E-state index >= 15 is 0 Å². The van der Waals surface area contributed by atoms with Crippen LogP contribution in [0, 0.1) is 12.3 Å². The Morgan fingerprint density at radius 1 is 1.40 bits per heavy atom. The van der Waals surface area contributed by atoms with Gasteiger partial charge in [-0.15, -0.1) is 0 Å². The van der Waals surface area contributed by atoms with Crippen LogP contribution in [-0.4, -0.2) is 61.9 Å². The Balaban J connectivity index is 1.59. The van der Waals surface area contributed by atoms with Crippen LogP contribution >= 0.6 is 0 Å². The van der Waals surface area contributed by atoms with Gasteiger partial charge in [-0.25, -0.2) is 0 Å². The molecule has 3 heterocycles. The molecule has 2 fully saturated rings. The molecule has 0 aromatic carbocycles. The third-order valence-corrected chi connectivity index (χ3v) is 5.56. The summed E-state index contributed by atoms with van der Waals surface area (Å²) in [6.07, 6.45) is 3.18. The summed E-state index contributed by atoms with van der Waals surface area (Å²) in [5, 5.41) is 3.13. The number of likely N-dealkylation sites (tertiary alicyclic amines) is 1. The Hall–Kier alpha value is -1.50. The minimum absolute atomic E-state index is 0.0521. The van der Waals surface area contributed by atoms with Crippen molar-refractivity contribution >= 4 is 5.91 Å². The van der Waals surface area contributed by atoms with Crippen molar-refractivity contribution in [3.05, 3.63) is 29.6 Å². The third kappa shape index (κ3) is 4.57. The minimum atomic E-state index is -0.0521. The van der Waals surface area contributed by atoms with E-state index < -0.39 is 0 Å². The molecule has 1 unspecified atom stereocenters. The summed E-state index contributed by atoms with van der Waals surface area (Å²) in [5.74, 6) is -0.0521. The molecule has 2 aliphatic heterocycles. The van der Waals surface area contributed by atoms with Crippen LogP contribution in [0.1, 0.15) is 30.7 Å². The Labute approximate surface area is 149 Å². The highest BCUT2D eigenvalue weighted by molar-refractivity contribution is 5.77. The first-order valence-electron chi connectivity index (χ1n) is 9.12. The van der Waals surface area contributed by atoms with E-state index in [1.54, 1.807) is 7.11 Å². The molecule has 138 valence electrons. The van der Waals surface area contributed by atoms with E-state index in [1.165, 1.54) is 0 Å². The minimum Gasteiger partial charge on any atom is -0.379 e. The molecule has 1 amide bonds. The van der Waals surface area contributed by atoms with Crippen LogP contribution in [0.2, 0.25) is 0 Å². The lowest BCUT2D eigenvalue weighted by atomic mass is 9.69. The van der Waals surface area contributed by atoms with Crippen molar-refractivity contribution in [3.63, 3.8) is 0 Å². The first-order valence-corrected chi connectivity index (χ1v) is 9.12. The Morgan fingerprint density at radius 3 is 2.92 bits per heavy atom. The second-order valence-electron chi connectivity index (χ2n) is 7.29. The number of carbonyl (C=O) groups excluding carboxylic acids is 1. The number of hydrogen-bond donors (Lipinski definition) is 1. The first-order chi connectivity index (χ1) is 12.1. The van der Waals surface area contributed by atoms with Crippen LogP contribution < -0.4 is 5.32 Å². The number of pyridine rings is 1. The number of aromatic nitrogens is 1. The number of nitrogens with one attached hydrogen (secondary N) is 1.